The average molecular weight is 409 g/mol. The fourth-order valence-corrected chi connectivity index (χ4v) is 4.34. The Labute approximate surface area is 165 Å². The maximum atomic E-state index is 12.9. The largest absolute Gasteiger partial charge is 0.435 e. The van der Waals surface area contributed by atoms with Crippen molar-refractivity contribution in [2.45, 2.75) is 58.4 Å². The van der Waals surface area contributed by atoms with Crippen LogP contribution in [0, 0.1) is 6.92 Å². The highest BCUT2D eigenvalue weighted by Crippen LogP contribution is 2.41. The molecule has 0 aliphatic carbocycles. The first-order chi connectivity index (χ1) is 12.9. The van der Waals surface area contributed by atoms with Crippen LogP contribution in [-0.4, -0.2) is 34.4 Å². The fraction of sp³-hybridized carbons (Fsp3) is 0.450. The summed E-state index contributed by atoms with van der Waals surface area (Å²) in [5, 5.41) is 0.596. The van der Waals surface area contributed by atoms with Crippen LogP contribution in [0.4, 0.5) is 8.78 Å². The van der Waals surface area contributed by atoms with Gasteiger partial charge >= 0.3 is 6.61 Å². The molecule has 2 aromatic rings. The summed E-state index contributed by atoms with van der Waals surface area (Å²) >= 11 is 1.34. The van der Waals surface area contributed by atoms with E-state index in [1.165, 1.54) is 23.5 Å². The summed E-state index contributed by atoms with van der Waals surface area (Å²) in [7, 11) is 0. The van der Waals surface area contributed by atoms with E-state index in [4.69, 9.17) is 4.74 Å². The number of aromatic nitrogens is 1. The lowest BCUT2D eigenvalue weighted by atomic mass is 9.76. The number of rotatable bonds is 4. The van der Waals surface area contributed by atoms with Crippen LogP contribution in [0.3, 0.4) is 0 Å². The minimum absolute atomic E-state index is 0.0468. The van der Waals surface area contributed by atoms with Crippen molar-refractivity contribution in [2.75, 3.05) is 0 Å². The standard InChI is InChI=1S/C20H21F2NO4S/c1-10-14(13-15(24)19(2,3)27-20(4,5)16(13)25)23-17(28-10)11-6-8-12(9-7-11)26-18(21)22/h6-9,13,18H,1-5H3. The molecule has 0 radical (unpaired) electrons. The third-order valence-corrected chi connectivity index (χ3v) is 5.69. The lowest BCUT2D eigenvalue weighted by molar-refractivity contribution is -0.184. The number of carbonyl (C=O) groups is 2. The molecule has 28 heavy (non-hydrogen) atoms. The number of ketones is 2. The van der Waals surface area contributed by atoms with Crippen LogP contribution in [0.1, 0.15) is 44.2 Å². The second kappa shape index (κ2) is 7.00. The second-order valence-corrected chi connectivity index (χ2v) is 8.85. The fourth-order valence-electron chi connectivity index (χ4n) is 3.38. The van der Waals surface area contributed by atoms with E-state index in [2.05, 4.69) is 9.72 Å². The molecule has 1 saturated heterocycles. The van der Waals surface area contributed by atoms with E-state index >= 15 is 0 Å². The molecule has 150 valence electrons. The average Bonchev–Trinajstić information content (AvgIpc) is 2.95. The molecule has 0 bridgehead atoms. The maximum absolute atomic E-state index is 12.9. The van der Waals surface area contributed by atoms with Gasteiger partial charge in [-0.05, 0) is 58.9 Å². The van der Waals surface area contributed by atoms with Gasteiger partial charge in [-0.3, -0.25) is 9.59 Å². The number of halogens is 2. The number of Topliss-reactive ketones (excluding diaryl/α,β-unsaturated/α-hetero) is 2. The Kier molecular flexibility index (Phi) is 5.14. The molecule has 1 fully saturated rings. The van der Waals surface area contributed by atoms with Crippen LogP contribution in [-0.2, 0) is 14.3 Å². The van der Waals surface area contributed by atoms with Gasteiger partial charge in [0.05, 0.1) is 5.69 Å². The zero-order valence-corrected chi connectivity index (χ0v) is 17.0. The van der Waals surface area contributed by atoms with E-state index in [0.29, 0.717) is 16.3 Å². The van der Waals surface area contributed by atoms with Crippen molar-refractivity contribution in [3.63, 3.8) is 0 Å². The minimum Gasteiger partial charge on any atom is -0.435 e. The van der Waals surface area contributed by atoms with Gasteiger partial charge in [-0.1, -0.05) is 0 Å². The van der Waals surface area contributed by atoms with E-state index < -0.39 is 23.7 Å². The summed E-state index contributed by atoms with van der Waals surface area (Å²) < 4.78 is 34.7. The van der Waals surface area contributed by atoms with Crippen LogP contribution < -0.4 is 4.74 Å². The van der Waals surface area contributed by atoms with Crippen molar-refractivity contribution in [1.29, 1.82) is 0 Å². The number of carbonyl (C=O) groups excluding carboxylic acids is 2. The van der Waals surface area contributed by atoms with E-state index in [1.54, 1.807) is 46.8 Å². The van der Waals surface area contributed by atoms with Gasteiger partial charge in [0, 0.05) is 10.4 Å². The number of nitrogens with zero attached hydrogens (tertiary/aromatic N) is 1. The Bertz CT molecular complexity index is 893. The van der Waals surface area contributed by atoms with Gasteiger partial charge in [0.15, 0.2) is 11.6 Å². The van der Waals surface area contributed by atoms with Crippen molar-refractivity contribution in [3.05, 3.63) is 34.8 Å². The monoisotopic (exact) mass is 409 g/mol. The Morgan fingerprint density at radius 2 is 1.61 bits per heavy atom. The zero-order valence-electron chi connectivity index (χ0n) is 16.2. The minimum atomic E-state index is -2.89. The molecule has 1 aromatic carbocycles. The van der Waals surface area contributed by atoms with E-state index in [0.717, 1.165) is 4.88 Å². The molecule has 0 saturated carbocycles. The van der Waals surface area contributed by atoms with Crippen molar-refractivity contribution < 1.29 is 27.8 Å². The molecule has 5 nitrogen and oxygen atoms in total. The van der Waals surface area contributed by atoms with Crippen LogP contribution in [0.15, 0.2) is 24.3 Å². The predicted octanol–water partition coefficient (Wildman–Crippen LogP) is 4.53. The first kappa shape index (κ1) is 20.5. The van der Waals surface area contributed by atoms with E-state index in [9.17, 15) is 18.4 Å². The molecule has 3 rings (SSSR count). The lowest BCUT2D eigenvalue weighted by Gasteiger charge is -2.42. The zero-order chi connectivity index (χ0) is 20.9. The Hall–Kier alpha value is -2.19. The maximum Gasteiger partial charge on any atom is 0.387 e. The number of hydrogen-bond acceptors (Lipinski definition) is 6. The molecule has 0 spiro atoms. The van der Waals surface area contributed by atoms with Gasteiger partial charge in [-0.25, -0.2) is 4.98 Å². The van der Waals surface area contributed by atoms with Gasteiger partial charge < -0.3 is 9.47 Å². The van der Waals surface area contributed by atoms with Gasteiger partial charge in [-0.2, -0.15) is 8.78 Å². The molecule has 0 unspecified atom stereocenters. The Balaban J connectivity index is 1.97. The number of thiazole rings is 1. The number of aryl methyl sites for hydroxylation is 1. The summed E-state index contributed by atoms with van der Waals surface area (Å²) in [5.41, 5.74) is -1.10. The molecule has 0 atom stereocenters. The van der Waals surface area contributed by atoms with Crippen LogP contribution in [0.2, 0.25) is 0 Å². The topological polar surface area (TPSA) is 65.5 Å². The van der Waals surface area contributed by atoms with Crippen molar-refractivity contribution in [2.24, 2.45) is 0 Å². The quantitative estimate of drug-likeness (QED) is 0.694. The Morgan fingerprint density at radius 1 is 1.07 bits per heavy atom. The van der Waals surface area contributed by atoms with Gasteiger partial charge in [0.2, 0.25) is 0 Å². The third kappa shape index (κ3) is 3.71. The van der Waals surface area contributed by atoms with Crippen LogP contribution in [0.25, 0.3) is 10.6 Å². The van der Waals surface area contributed by atoms with Crippen LogP contribution in [0.5, 0.6) is 5.75 Å². The van der Waals surface area contributed by atoms with Crippen LogP contribution >= 0.6 is 11.3 Å². The molecular formula is C20H21F2NO4S. The molecule has 0 N–H and O–H groups in total. The van der Waals surface area contributed by atoms with Crippen molar-refractivity contribution >= 4 is 22.9 Å². The van der Waals surface area contributed by atoms with Gasteiger partial charge in [-0.15, -0.1) is 11.3 Å². The highest BCUT2D eigenvalue weighted by atomic mass is 32.1. The van der Waals surface area contributed by atoms with Crippen molar-refractivity contribution in [1.82, 2.24) is 4.98 Å². The highest BCUT2D eigenvalue weighted by Gasteiger charge is 2.54. The first-order valence-corrected chi connectivity index (χ1v) is 9.55. The molecule has 1 aliphatic heterocycles. The van der Waals surface area contributed by atoms with Gasteiger partial charge in [0.1, 0.15) is 27.9 Å². The molecule has 8 heteroatoms. The predicted molar refractivity (Wildman–Crippen MR) is 101 cm³/mol. The number of ether oxygens (including phenoxy) is 2. The number of alkyl halides is 2. The Morgan fingerprint density at radius 3 is 2.11 bits per heavy atom. The molecule has 1 aliphatic rings. The second-order valence-electron chi connectivity index (χ2n) is 7.65. The molecule has 2 heterocycles. The summed E-state index contributed by atoms with van der Waals surface area (Å²) in [6.45, 7) is 5.53. The molecular weight excluding hydrogens is 388 g/mol. The lowest BCUT2D eigenvalue weighted by Crippen LogP contribution is -2.58. The normalized spacial score (nSPS) is 19.3. The summed E-state index contributed by atoms with van der Waals surface area (Å²) in [5.74, 6) is -1.59. The summed E-state index contributed by atoms with van der Waals surface area (Å²) in [4.78, 5) is 31.2. The first-order valence-electron chi connectivity index (χ1n) is 8.74. The third-order valence-electron chi connectivity index (χ3n) is 4.65. The summed E-state index contributed by atoms with van der Waals surface area (Å²) in [6, 6.07) is 6.08. The molecule has 0 amide bonds. The number of hydrogen-bond donors (Lipinski definition) is 0. The smallest absolute Gasteiger partial charge is 0.387 e. The summed E-state index contributed by atoms with van der Waals surface area (Å²) in [6.07, 6.45) is 0. The van der Waals surface area contributed by atoms with Crippen molar-refractivity contribution in [3.8, 4) is 16.3 Å². The van der Waals surface area contributed by atoms with E-state index in [-0.39, 0.29) is 17.3 Å². The SMILES string of the molecule is Cc1sc(-c2ccc(OC(F)F)cc2)nc1C1C(=O)C(C)(C)OC(C)(C)C1=O. The van der Waals surface area contributed by atoms with Gasteiger partial charge in [0.25, 0.3) is 0 Å². The molecule has 1 aromatic heterocycles. The number of benzene rings is 1. The highest BCUT2D eigenvalue weighted by molar-refractivity contribution is 7.15. The van der Waals surface area contributed by atoms with E-state index in [1.807, 2.05) is 0 Å².